The number of hydrogen-bond donors (Lipinski definition) is 1. The van der Waals surface area contributed by atoms with Gasteiger partial charge in [-0.2, -0.15) is 4.98 Å². The Kier molecular flexibility index (Phi) is 2.48. The average Bonchev–Trinajstić information content (AvgIpc) is 2.97. The van der Waals surface area contributed by atoms with Crippen LogP contribution < -0.4 is 5.73 Å². The quantitative estimate of drug-likeness (QED) is 0.855. The molecule has 0 amide bonds. The van der Waals surface area contributed by atoms with Crippen LogP contribution in [0.1, 0.15) is 31.1 Å². The van der Waals surface area contributed by atoms with Crippen molar-refractivity contribution in [2.24, 2.45) is 12.8 Å². The van der Waals surface area contributed by atoms with Crippen molar-refractivity contribution in [3.05, 3.63) is 24.4 Å². The fourth-order valence-electron chi connectivity index (χ4n) is 2.43. The van der Waals surface area contributed by atoms with Crippen molar-refractivity contribution in [3.8, 4) is 11.4 Å². The Bertz CT molecular complexity index is 516. The number of nitrogens with two attached hydrogens (primary N) is 1. The van der Waals surface area contributed by atoms with Crippen molar-refractivity contribution < 1.29 is 4.52 Å². The summed E-state index contributed by atoms with van der Waals surface area (Å²) in [6.45, 7) is 0. The van der Waals surface area contributed by atoms with Gasteiger partial charge in [0.15, 0.2) is 0 Å². The van der Waals surface area contributed by atoms with E-state index in [1.54, 1.807) is 0 Å². The van der Waals surface area contributed by atoms with E-state index >= 15 is 0 Å². The predicted octanol–water partition coefficient (Wildman–Crippen LogP) is 1.67. The molecule has 1 fully saturated rings. The van der Waals surface area contributed by atoms with Gasteiger partial charge in [0.05, 0.1) is 5.92 Å². The summed E-state index contributed by atoms with van der Waals surface area (Å²) < 4.78 is 7.30. The third-order valence-corrected chi connectivity index (χ3v) is 3.42. The minimum Gasteiger partial charge on any atom is -0.357 e. The van der Waals surface area contributed by atoms with E-state index in [1.165, 1.54) is 0 Å². The van der Waals surface area contributed by atoms with Gasteiger partial charge < -0.3 is 14.8 Å². The summed E-state index contributed by atoms with van der Waals surface area (Å²) in [6, 6.07) is 2.14. The molecule has 1 aliphatic carbocycles. The third-order valence-electron chi connectivity index (χ3n) is 3.42. The zero-order valence-corrected chi connectivity index (χ0v) is 9.84. The summed E-state index contributed by atoms with van der Waals surface area (Å²) in [5.74, 6) is 1.58. The maximum Gasteiger partial charge on any atom is 0.231 e. The van der Waals surface area contributed by atoms with Crippen LogP contribution in [0.3, 0.4) is 0 Å². The molecule has 0 saturated heterocycles. The van der Waals surface area contributed by atoms with Crippen LogP contribution in [0.2, 0.25) is 0 Å². The highest BCUT2D eigenvalue weighted by atomic mass is 16.5. The monoisotopic (exact) mass is 232 g/mol. The maximum absolute atomic E-state index is 6.03. The molecule has 0 radical (unpaired) electrons. The SMILES string of the molecule is Cn1ccc(-c2noc(C3CCCC3N)n2)c1. The molecule has 2 heterocycles. The summed E-state index contributed by atoms with van der Waals surface area (Å²) in [7, 11) is 1.97. The summed E-state index contributed by atoms with van der Waals surface area (Å²) >= 11 is 0. The van der Waals surface area contributed by atoms with Crippen molar-refractivity contribution in [1.82, 2.24) is 14.7 Å². The molecule has 2 N–H and O–H groups in total. The molecule has 5 nitrogen and oxygen atoms in total. The van der Waals surface area contributed by atoms with Gasteiger partial charge in [-0.15, -0.1) is 0 Å². The van der Waals surface area contributed by atoms with Crippen LogP contribution >= 0.6 is 0 Å². The lowest BCUT2D eigenvalue weighted by Crippen LogP contribution is -2.22. The van der Waals surface area contributed by atoms with Crippen LogP contribution in [-0.4, -0.2) is 20.7 Å². The third kappa shape index (κ3) is 1.86. The first-order valence-electron chi connectivity index (χ1n) is 5.95. The molecule has 2 aromatic heterocycles. The van der Waals surface area contributed by atoms with Crippen LogP contribution in [0.5, 0.6) is 0 Å². The summed E-state index contributed by atoms with van der Waals surface area (Å²) in [6.07, 6.45) is 7.19. The zero-order chi connectivity index (χ0) is 11.8. The highest BCUT2D eigenvalue weighted by Gasteiger charge is 2.30. The summed E-state index contributed by atoms with van der Waals surface area (Å²) in [4.78, 5) is 4.46. The molecular weight excluding hydrogens is 216 g/mol. The lowest BCUT2D eigenvalue weighted by molar-refractivity contribution is 0.345. The zero-order valence-electron chi connectivity index (χ0n) is 9.84. The molecule has 2 aromatic rings. The van der Waals surface area contributed by atoms with Crippen LogP contribution in [0.15, 0.2) is 23.0 Å². The second-order valence-electron chi connectivity index (χ2n) is 4.72. The summed E-state index contributed by atoms with van der Waals surface area (Å²) in [5, 5.41) is 4.02. The molecule has 90 valence electrons. The van der Waals surface area contributed by atoms with Gasteiger partial charge in [-0.25, -0.2) is 0 Å². The van der Waals surface area contributed by atoms with Crippen molar-refractivity contribution in [3.63, 3.8) is 0 Å². The van der Waals surface area contributed by atoms with E-state index < -0.39 is 0 Å². The lowest BCUT2D eigenvalue weighted by Gasteiger charge is -2.08. The fourth-order valence-corrected chi connectivity index (χ4v) is 2.43. The first-order chi connectivity index (χ1) is 8.24. The molecular formula is C12H16N4O. The van der Waals surface area contributed by atoms with Gasteiger partial charge in [0.2, 0.25) is 11.7 Å². The number of hydrogen-bond acceptors (Lipinski definition) is 4. The molecule has 2 atom stereocenters. The Balaban J connectivity index is 1.87. The van der Waals surface area contributed by atoms with Crippen molar-refractivity contribution >= 4 is 0 Å². The molecule has 1 saturated carbocycles. The Morgan fingerprint density at radius 1 is 1.47 bits per heavy atom. The molecule has 0 aliphatic heterocycles. The van der Waals surface area contributed by atoms with Gasteiger partial charge in [-0.1, -0.05) is 11.6 Å². The second-order valence-corrected chi connectivity index (χ2v) is 4.72. The van der Waals surface area contributed by atoms with Crippen molar-refractivity contribution in [2.45, 2.75) is 31.2 Å². The molecule has 1 aliphatic rings. The first kappa shape index (κ1) is 10.5. The van der Waals surface area contributed by atoms with Crippen molar-refractivity contribution in [2.75, 3.05) is 0 Å². The molecule has 3 rings (SSSR count). The fraction of sp³-hybridized carbons (Fsp3) is 0.500. The molecule has 0 aromatic carbocycles. The maximum atomic E-state index is 6.03. The largest absolute Gasteiger partial charge is 0.357 e. The standard InChI is InChI=1S/C12H16N4O/c1-16-6-5-8(7-16)11-14-12(17-15-11)9-3-2-4-10(9)13/h5-7,9-10H,2-4,13H2,1H3. The normalized spacial score (nSPS) is 24.4. The number of aryl methyl sites for hydroxylation is 1. The van der Waals surface area contributed by atoms with Gasteiger partial charge in [0.25, 0.3) is 0 Å². The van der Waals surface area contributed by atoms with E-state index in [0.29, 0.717) is 11.7 Å². The van der Waals surface area contributed by atoms with Gasteiger partial charge in [-0.3, -0.25) is 0 Å². The van der Waals surface area contributed by atoms with E-state index in [1.807, 2.05) is 30.1 Å². The highest BCUT2D eigenvalue weighted by Crippen LogP contribution is 2.33. The minimum absolute atomic E-state index is 0.166. The van der Waals surface area contributed by atoms with E-state index in [2.05, 4.69) is 10.1 Å². The van der Waals surface area contributed by atoms with E-state index in [4.69, 9.17) is 10.3 Å². The molecule has 5 heteroatoms. The van der Waals surface area contributed by atoms with Crippen LogP contribution in [0, 0.1) is 0 Å². The van der Waals surface area contributed by atoms with Gasteiger partial charge in [-0.05, 0) is 18.9 Å². The smallest absolute Gasteiger partial charge is 0.231 e. The number of rotatable bonds is 2. The van der Waals surface area contributed by atoms with Crippen molar-refractivity contribution in [1.29, 1.82) is 0 Å². The predicted molar refractivity (Wildman–Crippen MR) is 63.3 cm³/mol. The van der Waals surface area contributed by atoms with E-state index in [0.717, 1.165) is 24.8 Å². The van der Waals surface area contributed by atoms with Crippen LogP contribution in [0.25, 0.3) is 11.4 Å². The number of aromatic nitrogens is 3. The molecule has 17 heavy (non-hydrogen) atoms. The Labute approximate surface area is 99.6 Å². The van der Waals surface area contributed by atoms with Crippen LogP contribution in [0.4, 0.5) is 0 Å². The average molecular weight is 232 g/mol. The minimum atomic E-state index is 0.166. The number of nitrogens with zero attached hydrogens (tertiary/aromatic N) is 3. The molecule has 0 spiro atoms. The van der Waals surface area contributed by atoms with Gasteiger partial charge >= 0.3 is 0 Å². The lowest BCUT2D eigenvalue weighted by atomic mass is 10.1. The Morgan fingerprint density at radius 3 is 3.00 bits per heavy atom. The molecule has 0 bridgehead atoms. The van der Waals surface area contributed by atoms with E-state index in [9.17, 15) is 0 Å². The summed E-state index contributed by atoms with van der Waals surface area (Å²) in [5.41, 5.74) is 7.01. The Hall–Kier alpha value is -1.62. The van der Waals surface area contributed by atoms with E-state index in [-0.39, 0.29) is 12.0 Å². The molecule has 2 unspecified atom stereocenters. The Morgan fingerprint density at radius 2 is 2.35 bits per heavy atom. The topological polar surface area (TPSA) is 69.9 Å². The van der Waals surface area contributed by atoms with Crippen LogP contribution in [-0.2, 0) is 7.05 Å². The van der Waals surface area contributed by atoms with Gasteiger partial charge in [0, 0.05) is 31.0 Å². The first-order valence-corrected chi connectivity index (χ1v) is 5.95. The highest BCUT2D eigenvalue weighted by molar-refractivity contribution is 5.52. The van der Waals surface area contributed by atoms with Gasteiger partial charge in [0.1, 0.15) is 0 Å². The second kappa shape index (κ2) is 4.00.